The van der Waals surface area contributed by atoms with Gasteiger partial charge in [0.2, 0.25) is 5.88 Å². The molecule has 0 atom stereocenters. The van der Waals surface area contributed by atoms with Gasteiger partial charge in [-0.05, 0) is 12.1 Å². The second-order valence-electron chi connectivity index (χ2n) is 3.60. The van der Waals surface area contributed by atoms with Gasteiger partial charge in [0.15, 0.2) is 17.2 Å². The van der Waals surface area contributed by atoms with E-state index in [9.17, 15) is 4.39 Å². The number of nitrogens with zero attached hydrogens (tertiary/aromatic N) is 3. The highest BCUT2D eigenvalue weighted by Gasteiger charge is 2.10. The van der Waals surface area contributed by atoms with Crippen LogP contribution in [0.1, 0.15) is 0 Å². The molecular formula is C11H8FN5O. The van der Waals surface area contributed by atoms with Crippen LogP contribution in [-0.4, -0.2) is 20.2 Å². The van der Waals surface area contributed by atoms with E-state index in [1.165, 1.54) is 24.7 Å². The van der Waals surface area contributed by atoms with Crippen molar-refractivity contribution < 1.29 is 9.13 Å². The molecule has 0 saturated heterocycles. The van der Waals surface area contributed by atoms with E-state index in [4.69, 9.17) is 10.5 Å². The number of aromatic nitrogens is 4. The summed E-state index contributed by atoms with van der Waals surface area (Å²) in [6.07, 6.45) is 2.82. The number of hydrogen-bond donors (Lipinski definition) is 2. The van der Waals surface area contributed by atoms with Gasteiger partial charge >= 0.3 is 0 Å². The molecule has 0 aliphatic rings. The fraction of sp³-hybridized carbons (Fsp3) is 0. The van der Waals surface area contributed by atoms with Crippen LogP contribution in [0.3, 0.4) is 0 Å². The molecule has 2 aromatic heterocycles. The average molecular weight is 245 g/mol. The predicted octanol–water partition coefficient (Wildman–Crippen LogP) is 1.87. The number of halogens is 1. The normalized spacial score (nSPS) is 10.7. The summed E-state index contributed by atoms with van der Waals surface area (Å²) in [5, 5.41) is 7.07. The minimum atomic E-state index is -0.551. The van der Waals surface area contributed by atoms with Crippen LogP contribution in [-0.2, 0) is 0 Å². The van der Waals surface area contributed by atoms with Crippen molar-refractivity contribution in [2.45, 2.75) is 0 Å². The summed E-state index contributed by atoms with van der Waals surface area (Å²) >= 11 is 0. The average Bonchev–Trinajstić information content (AvgIpc) is 2.82. The third-order valence-electron chi connectivity index (χ3n) is 2.37. The molecule has 7 heteroatoms. The van der Waals surface area contributed by atoms with Crippen molar-refractivity contribution in [3.63, 3.8) is 0 Å². The number of ether oxygens (including phenoxy) is 1. The van der Waals surface area contributed by atoms with E-state index >= 15 is 0 Å². The number of nitrogen functional groups attached to an aromatic ring is 1. The topological polar surface area (TPSA) is 89.7 Å². The lowest BCUT2D eigenvalue weighted by molar-refractivity contribution is 0.432. The molecule has 0 bridgehead atoms. The Morgan fingerprint density at radius 1 is 1.28 bits per heavy atom. The van der Waals surface area contributed by atoms with E-state index in [1.54, 1.807) is 6.07 Å². The number of anilines is 1. The van der Waals surface area contributed by atoms with E-state index < -0.39 is 5.82 Å². The third kappa shape index (κ3) is 1.71. The summed E-state index contributed by atoms with van der Waals surface area (Å²) < 4.78 is 19.0. The molecular weight excluding hydrogens is 237 g/mol. The Morgan fingerprint density at radius 2 is 2.17 bits per heavy atom. The van der Waals surface area contributed by atoms with Gasteiger partial charge in [-0.1, -0.05) is 0 Å². The lowest BCUT2D eigenvalue weighted by Crippen LogP contribution is -1.94. The highest BCUT2D eigenvalue weighted by molar-refractivity contribution is 5.79. The standard InChI is InChI=1S/C11H8FN5O/c12-8-3-6(13)1-2-9(8)18-11-7-4-16-17-10(7)14-5-15-11/h1-5H,13H2,(H,14,15,16,17). The molecule has 2 heterocycles. The Morgan fingerprint density at radius 3 is 3.00 bits per heavy atom. The number of nitrogens with two attached hydrogens (primary N) is 1. The van der Waals surface area contributed by atoms with Gasteiger partial charge in [-0.15, -0.1) is 0 Å². The number of fused-ring (bicyclic) bond motifs is 1. The van der Waals surface area contributed by atoms with Crippen LogP contribution < -0.4 is 10.5 Å². The smallest absolute Gasteiger partial charge is 0.233 e. The second-order valence-corrected chi connectivity index (χ2v) is 3.60. The Kier molecular flexibility index (Phi) is 2.30. The van der Waals surface area contributed by atoms with Gasteiger partial charge in [0.25, 0.3) is 0 Å². The molecule has 0 saturated carbocycles. The summed E-state index contributed by atoms with van der Waals surface area (Å²) in [6, 6.07) is 4.17. The molecule has 18 heavy (non-hydrogen) atoms. The van der Waals surface area contributed by atoms with E-state index in [0.717, 1.165) is 0 Å². The van der Waals surface area contributed by atoms with Gasteiger partial charge in [0.1, 0.15) is 11.7 Å². The molecule has 0 spiro atoms. The Hall–Kier alpha value is -2.70. The first-order valence-electron chi connectivity index (χ1n) is 5.11. The fourth-order valence-electron chi connectivity index (χ4n) is 1.53. The van der Waals surface area contributed by atoms with E-state index in [1.807, 2.05) is 0 Å². The zero-order valence-electron chi connectivity index (χ0n) is 9.09. The Balaban J connectivity index is 2.03. The fourth-order valence-corrected chi connectivity index (χ4v) is 1.53. The van der Waals surface area contributed by atoms with Gasteiger partial charge in [-0.3, -0.25) is 5.10 Å². The van der Waals surface area contributed by atoms with Gasteiger partial charge in [-0.25, -0.2) is 14.4 Å². The summed E-state index contributed by atoms with van der Waals surface area (Å²) in [5.74, 6) is -0.270. The second kappa shape index (κ2) is 3.95. The van der Waals surface area contributed by atoms with Crippen LogP contribution in [0.4, 0.5) is 10.1 Å². The highest BCUT2D eigenvalue weighted by atomic mass is 19.1. The largest absolute Gasteiger partial charge is 0.435 e. The minimum absolute atomic E-state index is 0.0467. The van der Waals surface area contributed by atoms with Crippen molar-refractivity contribution >= 4 is 16.7 Å². The molecule has 0 aliphatic heterocycles. The SMILES string of the molecule is Nc1ccc(Oc2ncnc3[nH]ncc23)c(F)c1. The van der Waals surface area contributed by atoms with Crippen LogP contribution in [0.25, 0.3) is 11.0 Å². The van der Waals surface area contributed by atoms with Gasteiger partial charge in [0.05, 0.1) is 6.20 Å². The molecule has 90 valence electrons. The number of rotatable bonds is 2. The van der Waals surface area contributed by atoms with Crippen molar-refractivity contribution in [3.05, 3.63) is 36.5 Å². The molecule has 1 aromatic carbocycles. The third-order valence-corrected chi connectivity index (χ3v) is 2.37. The summed E-state index contributed by atoms with van der Waals surface area (Å²) in [7, 11) is 0. The zero-order valence-corrected chi connectivity index (χ0v) is 9.09. The van der Waals surface area contributed by atoms with Crippen LogP contribution in [0.5, 0.6) is 11.6 Å². The summed E-state index contributed by atoms with van der Waals surface area (Å²) in [4.78, 5) is 7.90. The predicted molar refractivity (Wildman–Crippen MR) is 62.6 cm³/mol. The number of nitrogens with one attached hydrogen (secondary N) is 1. The molecule has 6 nitrogen and oxygen atoms in total. The van der Waals surface area contributed by atoms with Crippen LogP contribution in [0, 0.1) is 5.82 Å². The maximum atomic E-state index is 13.6. The van der Waals surface area contributed by atoms with Gasteiger partial charge in [-0.2, -0.15) is 5.10 Å². The number of aromatic amines is 1. The van der Waals surface area contributed by atoms with Crippen molar-refractivity contribution in [3.8, 4) is 11.6 Å². The molecule has 3 N–H and O–H groups in total. The van der Waals surface area contributed by atoms with E-state index in [2.05, 4.69) is 20.2 Å². The number of hydrogen-bond acceptors (Lipinski definition) is 5. The lowest BCUT2D eigenvalue weighted by Gasteiger charge is -2.06. The van der Waals surface area contributed by atoms with Gasteiger partial charge in [0, 0.05) is 11.8 Å². The van der Waals surface area contributed by atoms with Crippen LogP contribution in [0.2, 0.25) is 0 Å². The molecule has 0 fully saturated rings. The molecule has 0 unspecified atom stereocenters. The molecule has 0 radical (unpaired) electrons. The zero-order chi connectivity index (χ0) is 12.5. The maximum Gasteiger partial charge on any atom is 0.233 e. The first-order valence-corrected chi connectivity index (χ1v) is 5.11. The van der Waals surface area contributed by atoms with Crippen molar-refractivity contribution in [1.82, 2.24) is 20.2 Å². The molecule has 0 aliphatic carbocycles. The van der Waals surface area contributed by atoms with Crippen LogP contribution >= 0.6 is 0 Å². The summed E-state index contributed by atoms with van der Waals surface area (Å²) in [5.41, 5.74) is 6.31. The van der Waals surface area contributed by atoms with E-state index in [0.29, 0.717) is 16.7 Å². The molecule has 0 amide bonds. The van der Waals surface area contributed by atoms with Crippen molar-refractivity contribution in [2.24, 2.45) is 0 Å². The quantitative estimate of drug-likeness (QED) is 0.672. The lowest BCUT2D eigenvalue weighted by atomic mass is 10.3. The van der Waals surface area contributed by atoms with Crippen molar-refractivity contribution in [2.75, 3.05) is 5.73 Å². The Labute approximate surface area is 101 Å². The number of benzene rings is 1. The number of H-pyrrole nitrogens is 1. The van der Waals surface area contributed by atoms with Gasteiger partial charge < -0.3 is 10.5 Å². The monoisotopic (exact) mass is 245 g/mol. The maximum absolute atomic E-state index is 13.6. The summed E-state index contributed by atoms with van der Waals surface area (Å²) in [6.45, 7) is 0. The molecule has 3 rings (SSSR count). The highest BCUT2D eigenvalue weighted by Crippen LogP contribution is 2.28. The first kappa shape index (κ1) is 10.5. The molecule has 3 aromatic rings. The van der Waals surface area contributed by atoms with Crippen LogP contribution in [0.15, 0.2) is 30.7 Å². The van der Waals surface area contributed by atoms with E-state index in [-0.39, 0.29) is 11.6 Å². The van der Waals surface area contributed by atoms with Crippen molar-refractivity contribution in [1.29, 1.82) is 0 Å². The minimum Gasteiger partial charge on any atom is -0.435 e. The Bertz CT molecular complexity index is 711. The first-order chi connectivity index (χ1) is 8.74.